The number of benzene rings is 2. The van der Waals surface area contributed by atoms with Gasteiger partial charge in [0.1, 0.15) is 17.4 Å². The second-order valence-corrected chi connectivity index (χ2v) is 8.73. The molecule has 1 atom stereocenters. The number of methoxy groups -OCH3 is 1. The first kappa shape index (κ1) is 21.4. The topological polar surface area (TPSA) is 59.5 Å². The van der Waals surface area contributed by atoms with E-state index in [0.29, 0.717) is 29.0 Å². The summed E-state index contributed by atoms with van der Waals surface area (Å²) in [5.74, 6) is 2.84. The zero-order valence-electron chi connectivity index (χ0n) is 18.2. The van der Waals surface area contributed by atoms with Crippen LogP contribution in [0.2, 0.25) is 5.02 Å². The fraction of sp³-hybridized carbons (Fsp3) is 0.333. The molecule has 4 rings (SSSR count). The van der Waals surface area contributed by atoms with Gasteiger partial charge in [-0.2, -0.15) is 0 Å². The Hall–Kier alpha value is -2.83. The van der Waals surface area contributed by atoms with Crippen LogP contribution in [0.5, 0.6) is 5.75 Å². The molecule has 3 aromatic rings. The van der Waals surface area contributed by atoms with Gasteiger partial charge in [0.15, 0.2) is 5.82 Å². The van der Waals surface area contributed by atoms with Crippen molar-refractivity contribution >= 4 is 28.9 Å². The van der Waals surface area contributed by atoms with Gasteiger partial charge in [0.05, 0.1) is 30.4 Å². The van der Waals surface area contributed by atoms with Crippen LogP contribution in [-0.2, 0) is 4.74 Å². The summed E-state index contributed by atoms with van der Waals surface area (Å²) in [6.07, 6.45) is 0.125. The Morgan fingerprint density at radius 2 is 1.90 bits per heavy atom. The van der Waals surface area contributed by atoms with Crippen LogP contribution in [-0.4, -0.2) is 41.9 Å². The molecule has 0 spiro atoms. The predicted octanol–water partition coefficient (Wildman–Crippen LogP) is 5.55. The van der Waals surface area contributed by atoms with E-state index in [9.17, 15) is 0 Å². The van der Waals surface area contributed by atoms with E-state index in [4.69, 9.17) is 31.0 Å². The Morgan fingerprint density at radius 3 is 2.61 bits per heavy atom. The van der Waals surface area contributed by atoms with E-state index < -0.39 is 0 Å². The smallest absolute Gasteiger partial charge is 0.163 e. The Bertz CT molecular complexity index is 1060. The number of nitrogens with one attached hydrogen (secondary N) is 1. The van der Waals surface area contributed by atoms with Crippen LogP contribution in [0.25, 0.3) is 11.4 Å². The van der Waals surface area contributed by atoms with Crippen molar-refractivity contribution < 1.29 is 9.47 Å². The minimum atomic E-state index is -0.185. The third kappa shape index (κ3) is 4.75. The number of hydrogen-bond acceptors (Lipinski definition) is 6. The number of ether oxygens (including phenoxy) is 2. The summed E-state index contributed by atoms with van der Waals surface area (Å²) in [6.45, 7) is 7.81. The van der Waals surface area contributed by atoms with Gasteiger partial charge in [-0.1, -0.05) is 41.9 Å². The van der Waals surface area contributed by atoms with Gasteiger partial charge < -0.3 is 19.7 Å². The lowest BCUT2D eigenvalue weighted by Crippen LogP contribution is -2.56. The summed E-state index contributed by atoms with van der Waals surface area (Å²) < 4.78 is 11.1. The normalized spacial score (nSPS) is 18.0. The molecular weight excluding hydrogens is 412 g/mol. The highest BCUT2D eigenvalue weighted by molar-refractivity contribution is 6.32. The minimum absolute atomic E-state index is 0.125. The van der Waals surface area contributed by atoms with Crippen molar-refractivity contribution in [3.8, 4) is 17.1 Å². The molecule has 1 fully saturated rings. The van der Waals surface area contributed by atoms with Crippen molar-refractivity contribution in [2.45, 2.75) is 32.4 Å². The highest BCUT2D eigenvalue weighted by Gasteiger charge is 2.35. The van der Waals surface area contributed by atoms with Crippen molar-refractivity contribution in [3.05, 3.63) is 59.6 Å². The number of morpholine rings is 1. The molecule has 1 aliphatic rings. The number of aromatic nitrogens is 2. The fourth-order valence-electron chi connectivity index (χ4n) is 3.63. The predicted molar refractivity (Wildman–Crippen MR) is 126 cm³/mol. The van der Waals surface area contributed by atoms with E-state index >= 15 is 0 Å². The molecule has 1 saturated heterocycles. The van der Waals surface area contributed by atoms with Gasteiger partial charge in [-0.05, 0) is 39.0 Å². The van der Waals surface area contributed by atoms with E-state index in [0.717, 1.165) is 23.6 Å². The maximum Gasteiger partial charge on any atom is 0.163 e. The quantitative estimate of drug-likeness (QED) is 0.563. The Morgan fingerprint density at radius 1 is 1.13 bits per heavy atom. The van der Waals surface area contributed by atoms with E-state index in [1.54, 1.807) is 7.11 Å². The number of rotatable bonds is 5. The summed E-state index contributed by atoms with van der Waals surface area (Å²) in [5.41, 5.74) is 1.60. The van der Waals surface area contributed by atoms with Gasteiger partial charge in [-0.3, -0.25) is 0 Å². The van der Waals surface area contributed by atoms with Crippen LogP contribution in [0.15, 0.2) is 54.6 Å². The van der Waals surface area contributed by atoms with Crippen LogP contribution < -0.4 is 15.0 Å². The maximum atomic E-state index is 6.31. The largest absolute Gasteiger partial charge is 0.495 e. The SMILES string of the molecule is COc1ccc(Nc2cc(N3CC(C)OCC3(C)C)nc(-c3ccccc3)n2)cc1Cl. The molecule has 31 heavy (non-hydrogen) atoms. The van der Waals surface area contributed by atoms with Crippen molar-refractivity contribution in [2.75, 3.05) is 30.5 Å². The summed E-state index contributed by atoms with van der Waals surface area (Å²) in [7, 11) is 1.60. The molecule has 2 aromatic carbocycles. The average molecular weight is 439 g/mol. The Kier molecular flexibility index (Phi) is 6.03. The first-order valence-corrected chi connectivity index (χ1v) is 10.7. The molecule has 1 aliphatic heterocycles. The Labute approximate surface area is 188 Å². The molecule has 2 heterocycles. The van der Waals surface area contributed by atoms with Crippen LogP contribution in [0.1, 0.15) is 20.8 Å². The Balaban J connectivity index is 1.76. The number of nitrogens with zero attached hydrogens (tertiary/aromatic N) is 3. The zero-order valence-corrected chi connectivity index (χ0v) is 19.0. The molecule has 0 saturated carbocycles. The van der Waals surface area contributed by atoms with Crippen molar-refractivity contribution in [2.24, 2.45) is 0 Å². The third-order valence-corrected chi connectivity index (χ3v) is 5.63. The van der Waals surface area contributed by atoms with Gasteiger partial charge in [0.2, 0.25) is 0 Å². The lowest BCUT2D eigenvalue weighted by Gasteiger charge is -2.45. The molecular formula is C24H27ClN4O2. The molecule has 0 amide bonds. The van der Waals surface area contributed by atoms with Gasteiger partial charge in [0, 0.05) is 23.9 Å². The molecule has 7 heteroatoms. The molecule has 0 radical (unpaired) electrons. The van der Waals surface area contributed by atoms with E-state index in [1.165, 1.54) is 0 Å². The molecule has 162 valence electrons. The molecule has 0 aliphatic carbocycles. The second kappa shape index (κ2) is 8.73. The van der Waals surface area contributed by atoms with Crippen molar-refractivity contribution in [1.29, 1.82) is 0 Å². The lowest BCUT2D eigenvalue weighted by atomic mass is 10.0. The van der Waals surface area contributed by atoms with Gasteiger partial charge in [-0.15, -0.1) is 0 Å². The second-order valence-electron chi connectivity index (χ2n) is 8.32. The fourth-order valence-corrected chi connectivity index (χ4v) is 3.89. The summed E-state index contributed by atoms with van der Waals surface area (Å²) in [6, 6.07) is 17.5. The summed E-state index contributed by atoms with van der Waals surface area (Å²) in [4.78, 5) is 12.0. The molecule has 1 unspecified atom stereocenters. The molecule has 1 aromatic heterocycles. The maximum absolute atomic E-state index is 6.31. The molecule has 6 nitrogen and oxygen atoms in total. The van der Waals surface area contributed by atoms with Crippen molar-refractivity contribution in [1.82, 2.24) is 9.97 Å². The monoisotopic (exact) mass is 438 g/mol. The van der Waals surface area contributed by atoms with E-state index in [2.05, 4.69) is 31.0 Å². The van der Waals surface area contributed by atoms with Crippen LogP contribution in [0.3, 0.4) is 0 Å². The summed E-state index contributed by atoms with van der Waals surface area (Å²) in [5, 5.41) is 3.91. The standard InChI is InChI=1S/C24H27ClN4O2/c1-16-14-29(24(2,3)15-31-16)22-13-21(26-18-10-11-20(30-4)19(25)12-18)27-23(28-22)17-8-6-5-7-9-17/h5-13,16H,14-15H2,1-4H3,(H,26,27,28). The van der Waals surface area contributed by atoms with Gasteiger partial charge in [0.25, 0.3) is 0 Å². The third-order valence-electron chi connectivity index (χ3n) is 5.34. The highest BCUT2D eigenvalue weighted by Crippen LogP contribution is 2.33. The minimum Gasteiger partial charge on any atom is -0.495 e. The molecule has 0 bridgehead atoms. The highest BCUT2D eigenvalue weighted by atomic mass is 35.5. The summed E-state index contributed by atoms with van der Waals surface area (Å²) >= 11 is 6.31. The number of halogens is 1. The number of hydrogen-bond donors (Lipinski definition) is 1. The van der Waals surface area contributed by atoms with Crippen LogP contribution in [0, 0.1) is 0 Å². The van der Waals surface area contributed by atoms with Gasteiger partial charge in [-0.25, -0.2) is 9.97 Å². The first-order valence-electron chi connectivity index (χ1n) is 10.3. The lowest BCUT2D eigenvalue weighted by molar-refractivity contribution is 0.00662. The van der Waals surface area contributed by atoms with Crippen molar-refractivity contribution in [3.63, 3.8) is 0 Å². The number of anilines is 3. The van der Waals surface area contributed by atoms with E-state index in [1.807, 2.05) is 54.6 Å². The van der Waals surface area contributed by atoms with E-state index in [-0.39, 0.29) is 11.6 Å². The van der Waals surface area contributed by atoms with Gasteiger partial charge >= 0.3 is 0 Å². The average Bonchev–Trinajstić information content (AvgIpc) is 2.76. The zero-order chi connectivity index (χ0) is 22.0. The molecule has 1 N–H and O–H groups in total. The van der Waals surface area contributed by atoms with Crippen LogP contribution in [0.4, 0.5) is 17.3 Å². The first-order chi connectivity index (χ1) is 14.9. The van der Waals surface area contributed by atoms with Crippen LogP contribution >= 0.6 is 11.6 Å².